The molecule has 0 aliphatic carbocycles. The first-order valence-corrected chi connectivity index (χ1v) is 9.70. The molecule has 0 radical (unpaired) electrons. The molecule has 0 amide bonds. The lowest BCUT2D eigenvalue weighted by molar-refractivity contribution is -0.140. The largest absolute Gasteiger partial charge is 0.469 e. The monoisotopic (exact) mass is 440 g/mol. The van der Waals surface area contributed by atoms with Crippen molar-refractivity contribution in [1.82, 2.24) is 14.5 Å². The number of rotatable bonds is 2. The van der Waals surface area contributed by atoms with Gasteiger partial charge in [0.2, 0.25) is 0 Å². The zero-order valence-electron chi connectivity index (χ0n) is 16.0. The quantitative estimate of drug-likeness (QED) is 0.558. The molecule has 1 aliphatic rings. The third-order valence-corrected chi connectivity index (χ3v) is 4.76. The minimum Gasteiger partial charge on any atom is -0.469 e. The maximum atomic E-state index is 9.96. The highest BCUT2D eigenvalue weighted by atomic mass is 79.9. The number of benzene rings is 1. The fraction of sp³-hybridized carbons (Fsp3) is 0.238. The van der Waals surface area contributed by atoms with E-state index in [9.17, 15) is 4.79 Å². The fourth-order valence-corrected chi connectivity index (χ4v) is 3.28. The second-order valence-electron chi connectivity index (χ2n) is 6.12. The van der Waals surface area contributed by atoms with Crippen molar-refractivity contribution in [3.63, 3.8) is 0 Å². The SMILES string of the molecule is CCC(=O)OC.Cc1cnc2n1-c1ccc(Br)cc1C(c1ccccn1)=NC2. The predicted molar refractivity (Wildman–Crippen MR) is 112 cm³/mol. The van der Waals surface area contributed by atoms with Crippen LogP contribution in [-0.2, 0) is 16.1 Å². The van der Waals surface area contributed by atoms with Crippen LogP contribution in [0.5, 0.6) is 0 Å². The van der Waals surface area contributed by atoms with Crippen molar-refractivity contribution >= 4 is 27.6 Å². The highest BCUT2D eigenvalue weighted by molar-refractivity contribution is 9.10. The molecule has 0 fully saturated rings. The normalized spacial score (nSPS) is 11.9. The van der Waals surface area contributed by atoms with Gasteiger partial charge in [0.25, 0.3) is 0 Å². The Morgan fingerprint density at radius 2 is 2.07 bits per heavy atom. The molecule has 0 spiro atoms. The minimum absolute atomic E-state index is 0.157. The molecule has 2 aromatic heterocycles. The Kier molecular flexibility index (Phi) is 6.36. The van der Waals surface area contributed by atoms with Gasteiger partial charge in [-0.15, -0.1) is 0 Å². The first kappa shape index (κ1) is 19.9. The number of pyridine rings is 1. The number of carbonyl (C=O) groups is 1. The van der Waals surface area contributed by atoms with E-state index < -0.39 is 0 Å². The van der Waals surface area contributed by atoms with Crippen LogP contribution >= 0.6 is 15.9 Å². The van der Waals surface area contributed by atoms with E-state index in [1.807, 2.05) is 30.5 Å². The van der Waals surface area contributed by atoms with Crippen molar-refractivity contribution in [3.8, 4) is 5.69 Å². The first-order chi connectivity index (χ1) is 13.5. The van der Waals surface area contributed by atoms with Gasteiger partial charge in [-0.05, 0) is 37.3 Å². The van der Waals surface area contributed by atoms with Gasteiger partial charge in [0, 0.05) is 34.5 Å². The fourth-order valence-electron chi connectivity index (χ4n) is 2.92. The molecule has 0 atom stereocenters. The number of carbonyl (C=O) groups excluding carboxylic acids is 1. The molecule has 3 heterocycles. The molecule has 6 nitrogen and oxygen atoms in total. The predicted octanol–water partition coefficient (Wildman–Crippen LogP) is 4.26. The van der Waals surface area contributed by atoms with Crippen molar-refractivity contribution in [3.05, 3.63) is 76.0 Å². The Bertz CT molecular complexity index is 1010. The Balaban J connectivity index is 0.000000330. The van der Waals surface area contributed by atoms with E-state index >= 15 is 0 Å². The molecule has 0 bridgehead atoms. The van der Waals surface area contributed by atoms with E-state index in [-0.39, 0.29) is 5.97 Å². The van der Waals surface area contributed by atoms with Gasteiger partial charge in [-0.1, -0.05) is 28.9 Å². The average molecular weight is 441 g/mol. The smallest absolute Gasteiger partial charge is 0.305 e. The van der Waals surface area contributed by atoms with Crippen molar-refractivity contribution in [2.24, 2.45) is 4.99 Å². The Labute approximate surface area is 172 Å². The van der Waals surface area contributed by atoms with Gasteiger partial charge < -0.3 is 4.74 Å². The molecule has 0 N–H and O–H groups in total. The number of imidazole rings is 1. The van der Waals surface area contributed by atoms with Gasteiger partial charge in [0.05, 0.1) is 30.7 Å². The summed E-state index contributed by atoms with van der Waals surface area (Å²) >= 11 is 3.56. The molecule has 144 valence electrons. The number of fused-ring (bicyclic) bond motifs is 3. The summed E-state index contributed by atoms with van der Waals surface area (Å²) in [6.07, 6.45) is 4.16. The first-order valence-electron chi connectivity index (χ1n) is 8.91. The van der Waals surface area contributed by atoms with Crippen molar-refractivity contribution in [2.45, 2.75) is 26.8 Å². The molecular weight excluding hydrogens is 420 g/mol. The van der Waals surface area contributed by atoms with Gasteiger partial charge in [-0.25, -0.2) is 4.98 Å². The van der Waals surface area contributed by atoms with Crippen LogP contribution < -0.4 is 0 Å². The number of aromatic nitrogens is 3. The van der Waals surface area contributed by atoms with Crippen LogP contribution in [0.25, 0.3) is 5.69 Å². The van der Waals surface area contributed by atoms with Crippen LogP contribution in [0.3, 0.4) is 0 Å². The summed E-state index contributed by atoms with van der Waals surface area (Å²) in [5.74, 6) is 0.794. The summed E-state index contributed by atoms with van der Waals surface area (Å²) in [5.41, 5.74) is 5.05. The van der Waals surface area contributed by atoms with E-state index in [2.05, 4.69) is 54.3 Å². The highest BCUT2D eigenvalue weighted by Crippen LogP contribution is 2.28. The van der Waals surface area contributed by atoms with E-state index in [1.54, 1.807) is 13.1 Å². The van der Waals surface area contributed by atoms with E-state index in [0.717, 1.165) is 38.6 Å². The van der Waals surface area contributed by atoms with Crippen molar-refractivity contribution in [1.29, 1.82) is 0 Å². The van der Waals surface area contributed by atoms with Gasteiger partial charge in [0.1, 0.15) is 5.82 Å². The summed E-state index contributed by atoms with van der Waals surface area (Å²) < 4.78 is 7.45. The second kappa shape index (κ2) is 8.93. The molecule has 0 saturated heterocycles. The molecular formula is C21H21BrN4O2. The van der Waals surface area contributed by atoms with Crippen LogP contribution in [0.15, 0.2) is 58.3 Å². The Hall–Kier alpha value is -2.80. The van der Waals surface area contributed by atoms with Crippen LogP contribution in [-0.4, -0.2) is 33.3 Å². The Morgan fingerprint density at radius 1 is 1.25 bits per heavy atom. The van der Waals surface area contributed by atoms with E-state index in [1.165, 1.54) is 7.11 Å². The molecule has 1 aliphatic heterocycles. The number of nitrogens with zero attached hydrogens (tertiary/aromatic N) is 4. The number of hydrogen-bond donors (Lipinski definition) is 0. The lowest BCUT2D eigenvalue weighted by Crippen LogP contribution is -2.09. The van der Waals surface area contributed by atoms with Gasteiger partial charge >= 0.3 is 5.97 Å². The van der Waals surface area contributed by atoms with Gasteiger partial charge in [-0.2, -0.15) is 0 Å². The van der Waals surface area contributed by atoms with Gasteiger partial charge in [0.15, 0.2) is 0 Å². The third kappa shape index (κ3) is 4.20. The zero-order chi connectivity index (χ0) is 20.1. The van der Waals surface area contributed by atoms with Crippen LogP contribution in [0.1, 0.15) is 36.1 Å². The molecule has 0 unspecified atom stereocenters. The van der Waals surface area contributed by atoms with Gasteiger partial charge in [-0.3, -0.25) is 19.3 Å². The van der Waals surface area contributed by atoms with Crippen molar-refractivity contribution in [2.75, 3.05) is 7.11 Å². The molecule has 1 aromatic carbocycles. The zero-order valence-corrected chi connectivity index (χ0v) is 17.6. The number of ether oxygens (including phenoxy) is 1. The molecule has 28 heavy (non-hydrogen) atoms. The summed E-state index contributed by atoms with van der Waals surface area (Å²) in [4.78, 5) is 23.7. The van der Waals surface area contributed by atoms with Crippen molar-refractivity contribution < 1.29 is 9.53 Å². The van der Waals surface area contributed by atoms with Crippen LogP contribution in [0.2, 0.25) is 0 Å². The van der Waals surface area contributed by atoms with E-state index in [4.69, 9.17) is 4.99 Å². The number of aryl methyl sites for hydroxylation is 1. The number of hydrogen-bond acceptors (Lipinski definition) is 5. The lowest BCUT2D eigenvalue weighted by Gasteiger charge is -2.13. The topological polar surface area (TPSA) is 69.4 Å². The molecule has 7 heteroatoms. The Morgan fingerprint density at radius 3 is 2.71 bits per heavy atom. The molecule has 0 saturated carbocycles. The highest BCUT2D eigenvalue weighted by Gasteiger charge is 2.21. The summed E-state index contributed by atoms with van der Waals surface area (Å²) in [6.45, 7) is 4.37. The summed E-state index contributed by atoms with van der Waals surface area (Å²) in [5, 5.41) is 0. The third-order valence-electron chi connectivity index (χ3n) is 4.27. The molecule has 4 rings (SSSR count). The summed E-state index contributed by atoms with van der Waals surface area (Å²) in [7, 11) is 1.38. The lowest BCUT2D eigenvalue weighted by atomic mass is 10.0. The van der Waals surface area contributed by atoms with E-state index in [0.29, 0.717) is 13.0 Å². The maximum absolute atomic E-state index is 9.96. The number of aliphatic imine (C=N–C) groups is 1. The minimum atomic E-state index is -0.157. The van der Waals surface area contributed by atoms with Crippen LogP contribution in [0, 0.1) is 6.92 Å². The summed E-state index contributed by atoms with van der Waals surface area (Å²) in [6, 6.07) is 12.1. The average Bonchev–Trinajstić information content (AvgIpc) is 3.00. The standard InChI is InChI=1S/C17H13BrN4.C4H8O2/c1-11-9-20-16-10-21-17(14-4-2-3-7-19-14)13-8-12(18)5-6-15(13)22(11)16;1-3-4(5)6-2/h2-9H,10H2,1H3;3H2,1-2H3. The number of esters is 1. The number of methoxy groups -OCH3 is 1. The molecule has 3 aromatic rings. The number of halogens is 1. The maximum Gasteiger partial charge on any atom is 0.305 e. The second-order valence-corrected chi connectivity index (χ2v) is 7.04. The van der Waals surface area contributed by atoms with Crippen LogP contribution in [0.4, 0.5) is 0 Å².